The molecule has 11 heteroatoms. The van der Waals surface area contributed by atoms with Crippen LogP contribution in [-0.4, -0.2) is 48.2 Å². The number of non-ortho nitro benzene ring substituents is 1. The Balaban J connectivity index is 1.79. The van der Waals surface area contributed by atoms with Crippen LogP contribution >= 0.6 is 0 Å². The molecule has 0 unspecified atom stereocenters. The van der Waals surface area contributed by atoms with Gasteiger partial charge in [0.05, 0.1) is 30.0 Å². The minimum Gasteiger partial charge on any atom is -0.495 e. The summed E-state index contributed by atoms with van der Waals surface area (Å²) in [5.41, 5.74) is 0.203. The molecule has 0 saturated carbocycles. The summed E-state index contributed by atoms with van der Waals surface area (Å²) in [6.07, 6.45) is 0. The van der Waals surface area contributed by atoms with Gasteiger partial charge in [0.15, 0.2) is 5.71 Å². The van der Waals surface area contributed by atoms with E-state index in [0.29, 0.717) is 11.4 Å². The molecular weight excluding hydrogens is 420 g/mol. The fourth-order valence-electron chi connectivity index (χ4n) is 3.78. The second kappa shape index (κ2) is 8.10. The Kier molecular flexibility index (Phi) is 5.31. The number of esters is 1. The molecule has 0 spiro atoms. The minimum atomic E-state index is -1.19. The van der Waals surface area contributed by atoms with Crippen molar-refractivity contribution in [1.29, 1.82) is 0 Å². The molecule has 1 saturated heterocycles. The normalized spacial score (nSPS) is 19.6. The number of nitro benzene ring substituents is 1. The molecular formula is C21H18N4O7. The van der Waals surface area contributed by atoms with Gasteiger partial charge in [-0.05, 0) is 31.2 Å². The maximum atomic E-state index is 13.4. The van der Waals surface area contributed by atoms with Crippen LogP contribution in [0.1, 0.15) is 6.92 Å². The number of carbonyl (C=O) groups excluding carboxylic acids is 3. The summed E-state index contributed by atoms with van der Waals surface area (Å²) in [5.74, 6) is -2.94. The van der Waals surface area contributed by atoms with Gasteiger partial charge in [0.1, 0.15) is 17.7 Å². The van der Waals surface area contributed by atoms with Crippen LogP contribution in [0.2, 0.25) is 0 Å². The third kappa shape index (κ3) is 3.23. The Morgan fingerprint density at radius 1 is 1.12 bits per heavy atom. The van der Waals surface area contributed by atoms with Gasteiger partial charge in [-0.15, -0.1) is 0 Å². The molecule has 2 aliphatic heterocycles. The number of para-hydroxylation sites is 2. The number of nitrogens with zero attached hydrogens (tertiary/aromatic N) is 4. The predicted octanol–water partition coefficient (Wildman–Crippen LogP) is 1.90. The topological polar surface area (TPSA) is 132 Å². The van der Waals surface area contributed by atoms with E-state index in [9.17, 15) is 24.5 Å². The quantitative estimate of drug-likeness (QED) is 0.289. The number of hydrazone groups is 1. The zero-order chi connectivity index (χ0) is 23.0. The highest BCUT2D eigenvalue weighted by molar-refractivity contribution is 6.47. The van der Waals surface area contributed by atoms with E-state index in [1.165, 1.54) is 36.4 Å². The van der Waals surface area contributed by atoms with Crippen LogP contribution in [-0.2, 0) is 19.1 Å². The van der Waals surface area contributed by atoms with Crippen molar-refractivity contribution in [1.82, 2.24) is 0 Å². The Morgan fingerprint density at radius 3 is 2.44 bits per heavy atom. The third-order valence-corrected chi connectivity index (χ3v) is 5.18. The van der Waals surface area contributed by atoms with Crippen molar-refractivity contribution < 1.29 is 28.8 Å². The summed E-state index contributed by atoms with van der Waals surface area (Å²) in [6, 6.07) is 10.7. The van der Waals surface area contributed by atoms with Crippen LogP contribution in [0.15, 0.2) is 53.6 Å². The molecule has 1 fully saturated rings. The number of hydrogen-bond donors (Lipinski definition) is 0. The molecule has 2 heterocycles. The number of amides is 2. The first-order valence-corrected chi connectivity index (χ1v) is 9.69. The first-order valence-electron chi connectivity index (χ1n) is 9.69. The maximum absolute atomic E-state index is 13.4. The first-order chi connectivity index (χ1) is 15.4. The number of anilines is 2. The summed E-state index contributed by atoms with van der Waals surface area (Å²) < 4.78 is 10.3. The van der Waals surface area contributed by atoms with E-state index >= 15 is 0 Å². The number of carbonyl (C=O) groups is 3. The van der Waals surface area contributed by atoms with E-state index in [2.05, 4.69) is 5.10 Å². The van der Waals surface area contributed by atoms with Gasteiger partial charge in [-0.3, -0.25) is 24.7 Å². The van der Waals surface area contributed by atoms with Crippen molar-refractivity contribution >= 4 is 40.6 Å². The average Bonchev–Trinajstić information content (AvgIpc) is 3.31. The molecule has 2 aromatic rings. The van der Waals surface area contributed by atoms with Gasteiger partial charge in [0, 0.05) is 12.1 Å². The second-order valence-electron chi connectivity index (χ2n) is 6.93. The Morgan fingerprint density at radius 2 is 1.81 bits per heavy atom. The van der Waals surface area contributed by atoms with Crippen molar-refractivity contribution in [3.8, 4) is 5.75 Å². The Hall–Kier alpha value is -4.28. The molecule has 4 rings (SSSR count). The summed E-state index contributed by atoms with van der Waals surface area (Å²) in [5, 5.41) is 16.4. The van der Waals surface area contributed by atoms with Gasteiger partial charge in [-0.25, -0.2) is 9.69 Å². The van der Waals surface area contributed by atoms with Gasteiger partial charge < -0.3 is 9.47 Å². The van der Waals surface area contributed by atoms with Crippen LogP contribution < -0.4 is 14.6 Å². The van der Waals surface area contributed by atoms with Crippen LogP contribution in [0.25, 0.3) is 0 Å². The molecule has 0 bridgehead atoms. The standard InChI is InChI=1S/C21H18N4O7/c1-3-32-21(28)17-16-18(24(22-17)12-8-10-13(11-9-12)25(29)30)20(27)23(19(16)26)14-6-4-5-7-15(14)31-2/h4-11,16,18H,3H2,1-2H3/t16-,18-/m1/s1. The van der Waals surface area contributed by atoms with E-state index < -0.39 is 34.7 Å². The summed E-state index contributed by atoms with van der Waals surface area (Å²) in [6.45, 7) is 1.67. The lowest BCUT2D eigenvalue weighted by atomic mass is 9.97. The second-order valence-corrected chi connectivity index (χ2v) is 6.93. The van der Waals surface area contributed by atoms with Gasteiger partial charge in [0.25, 0.3) is 11.6 Å². The van der Waals surface area contributed by atoms with Crippen LogP contribution in [0.3, 0.4) is 0 Å². The van der Waals surface area contributed by atoms with E-state index in [1.54, 1.807) is 31.2 Å². The molecule has 11 nitrogen and oxygen atoms in total. The Bertz CT molecular complexity index is 1150. The fraction of sp³-hybridized carbons (Fsp3) is 0.238. The number of hydrogen-bond acceptors (Lipinski definition) is 9. The molecule has 2 atom stereocenters. The smallest absolute Gasteiger partial charge is 0.355 e. The van der Waals surface area contributed by atoms with Crippen molar-refractivity contribution in [2.24, 2.45) is 11.0 Å². The predicted molar refractivity (Wildman–Crippen MR) is 112 cm³/mol. The van der Waals surface area contributed by atoms with Gasteiger partial charge in [0.2, 0.25) is 5.91 Å². The molecule has 32 heavy (non-hydrogen) atoms. The van der Waals surface area contributed by atoms with E-state index in [-0.39, 0.29) is 23.7 Å². The minimum absolute atomic E-state index is 0.0606. The highest BCUT2D eigenvalue weighted by Gasteiger charge is 2.59. The van der Waals surface area contributed by atoms with Gasteiger partial charge >= 0.3 is 5.97 Å². The zero-order valence-electron chi connectivity index (χ0n) is 17.1. The lowest BCUT2D eigenvalue weighted by molar-refractivity contribution is -0.384. The maximum Gasteiger partial charge on any atom is 0.355 e. The molecule has 164 valence electrons. The molecule has 2 aromatic carbocycles. The molecule has 2 aliphatic rings. The number of fused-ring (bicyclic) bond motifs is 1. The van der Waals surface area contributed by atoms with Crippen molar-refractivity contribution in [2.75, 3.05) is 23.6 Å². The summed E-state index contributed by atoms with van der Waals surface area (Å²) >= 11 is 0. The number of imide groups is 1. The number of benzene rings is 2. The SMILES string of the molecule is CCOC(=O)C1=NN(c2ccc([N+](=O)[O-])cc2)[C@H]2C(=O)N(c3ccccc3OC)C(=O)[C@H]12. The van der Waals surface area contributed by atoms with Crippen LogP contribution in [0.5, 0.6) is 5.75 Å². The highest BCUT2D eigenvalue weighted by Crippen LogP contribution is 2.40. The fourth-order valence-corrected chi connectivity index (χ4v) is 3.78. The third-order valence-electron chi connectivity index (χ3n) is 5.18. The number of ether oxygens (including phenoxy) is 2. The number of rotatable bonds is 6. The number of nitro groups is 1. The molecule has 0 aliphatic carbocycles. The zero-order valence-corrected chi connectivity index (χ0v) is 17.1. The monoisotopic (exact) mass is 438 g/mol. The van der Waals surface area contributed by atoms with Crippen molar-refractivity contribution in [2.45, 2.75) is 13.0 Å². The van der Waals surface area contributed by atoms with Crippen LogP contribution in [0, 0.1) is 16.0 Å². The van der Waals surface area contributed by atoms with Crippen LogP contribution in [0.4, 0.5) is 17.1 Å². The molecule has 2 amide bonds. The van der Waals surface area contributed by atoms with Gasteiger partial charge in [-0.2, -0.15) is 5.10 Å². The average molecular weight is 438 g/mol. The van der Waals surface area contributed by atoms with Crippen molar-refractivity contribution in [3.63, 3.8) is 0 Å². The lowest BCUT2D eigenvalue weighted by Gasteiger charge is -2.22. The lowest BCUT2D eigenvalue weighted by Crippen LogP contribution is -2.39. The molecule has 0 radical (unpaired) electrons. The highest BCUT2D eigenvalue weighted by atomic mass is 16.6. The Labute approximate surface area is 182 Å². The van der Waals surface area contributed by atoms with E-state index in [4.69, 9.17) is 9.47 Å². The van der Waals surface area contributed by atoms with E-state index in [1.807, 2.05) is 0 Å². The summed E-state index contributed by atoms with van der Waals surface area (Å²) in [4.78, 5) is 50.7. The summed E-state index contributed by atoms with van der Waals surface area (Å²) in [7, 11) is 1.42. The first kappa shape index (κ1) is 21.0. The largest absolute Gasteiger partial charge is 0.495 e. The number of methoxy groups -OCH3 is 1. The van der Waals surface area contributed by atoms with E-state index in [0.717, 1.165) is 4.90 Å². The van der Waals surface area contributed by atoms with Gasteiger partial charge in [-0.1, -0.05) is 12.1 Å². The molecule has 0 aromatic heterocycles. The molecule has 0 N–H and O–H groups in total. The van der Waals surface area contributed by atoms with Crippen molar-refractivity contribution in [3.05, 3.63) is 58.6 Å².